The maximum atomic E-state index is 12.6. The number of hydrogen-bond donors (Lipinski definition) is 2. The number of carbonyl (C=O) groups is 1. The predicted molar refractivity (Wildman–Crippen MR) is 88.2 cm³/mol. The Bertz CT molecular complexity index is 522. The first-order valence-corrected chi connectivity index (χ1v) is 8.60. The van der Waals surface area contributed by atoms with E-state index in [1.165, 1.54) is 12.8 Å². The van der Waals surface area contributed by atoms with Crippen molar-refractivity contribution in [1.82, 2.24) is 15.3 Å². The molecule has 1 aliphatic heterocycles. The molecule has 1 saturated heterocycles. The number of hydrogen-bond acceptors (Lipinski definition) is 5. The second-order valence-electron chi connectivity index (χ2n) is 6.87. The highest BCUT2D eigenvalue weighted by Gasteiger charge is 2.28. The zero-order valence-corrected chi connectivity index (χ0v) is 13.9. The van der Waals surface area contributed by atoms with E-state index in [-0.39, 0.29) is 17.9 Å². The fourth-order valence-electron chi connectivity index (χ4n) is 2.86. The number of aromatic nitrogens is 2. The first-order valence-electron chi connectivity index (χ1n) is 8.60. The number of rotatable bonds is 6. The van der Waals surface area contributed by atoms with Crippen LogP contribution in [0.4, 0.5) is 5.69 Å². The number of carbonyl (C=O) groups excluding carboxylic acids is 1. The van der Waals surface area contributed by atoms with E-state index in [1.807, 2.05) is 0 Å². The molecule has 1 saturated carbocycles. The van der Waals surface area contributed by atoms with Gasteiger partial charge in [0.05, 0.1) is 24.1 Å². The molecule has 1 unspecified atom stereocenters. The van der Waals surface area contributed by atoms with Gasteiger partial charge in [-0.3, -0.25) is 4.79 Å². The van der Waals surface area contributed by atoms with Gasteiger partial charge in [-0.1, -0.05) is 13.8 Å². The molecule has 23 heavy (non-hydrogen) atoms. The summed E-state index contributed by atoms with van der Waals surface area (Å²) in [6.07, 6.45) is 7.69. The van der Waals surface area contributed by atoms with E-state index in [0.717, 1.165) is 31.9 Å². The minimum Gasteiger partial charge on any atom is -0.381 e. The summed E-state index contributed by atoms with van der Waals surface area (Å²) in [6, 6.07) is 0.122. The number of ether oxygens (including phenoxy) is 1. The van der Waals surface area contributed by atoms with Gasteiger partial charge in [0.1, 0.15) is 5.82 Å². The van der Waals surface area contributed by atoms with E-state index in [2.05, 4.69) is 34.4 Å². The molecule has 6 heteroatoms. The van der Waals surface area contributed by atoms with Crippen LogP contribution in [0.5, 0.6) is 0 Å². The van der Waals surface area contributed by atoms with Gasteiger partial charge in [0, 0.05) is 25.2 Å². The molecule has 1 amide bonds. The molecule has 1 atom stereocenters. The van der Waals surface area contributed by atoms with Crippen molar-refractivity contribution in [1.29, 1.82) is 0 Å². The fraction of sp³-hybridized carbons (Fsp3) is 0.706. The normalized spacial score (nSPS) is 20.5. The summed E-state index contributed by atoms with van der Waals surface area (Å²) in [5.74, 6) is 1.61. The van der Waals surface area contributed by atoms with Gasteiger partial charge in [0.2, 0.25) is 5.91 Å². The molecule has 126 valence electrons. The molecule has 1 aromatic heterocycles. The minimum absolute atomic E-state index is 0.0192. The Morgan fingerprint density at radius 2 is 1.83 bits per heavy atom. The summed E-state index contributed by atoms with van der Waals surface area (Å²) in [7, 11) is 0. The molecule has 1 aromatic rings. The van der Waals surface area contributed by atoms with Crippen LogP contribution in [0.15, 0.2) is 12.4 Å². The highest BCUT2D eigenvalue weighted by molar-refractivity contribution is 5.94. The molecule has 2 N–H and O–H groups in total. The van der Waals surface area contributed by atoms with Gasteiger partial charge >= 0.3 is 0 Å². The number of anilines is 1. The molecule has 0 bridgehead atoms. The third kappa shape index (κ3) is 4.48. The first-order chi connectivity index (χ1) is 11.1. The summed E-state index contributed by atoms with van der Waals surface area (Å²) in [6.45, 7) is 5.65. The van der Waals surface area contributed by atoms with Gasteiger partial charge < -0.3 is 15.4 Å². The third-order valence-electron chi connectivity index (χ3n) is 4.47. The molecule has 0 spiro atoms. The average Bonchev–Trinajstić information content (AvgIpc) is 3.39. The monoisotopic (exact) mass is 318 g/mol. The van der Waals surface area contributed by atoms with Gasteiger partial charge in [-0.25, -0.2) is 9.97 Å². The van der Waals surface area contributed by atoms with Crippen LogP contribution >= 0.6 is 0 Å². The van der Waals surface area contributed by atoms with Crippen molar-refractivity contribution in [2.24, 2.45) is 5.92 Å². The molecular formula is C17H26N4O2. The molecule has 6 nitrogen and oxygen atoms in total. The maximum Gasteiger partial charge on any atom is 0.241 e. The van der Waals surface area contributed by atoms with Crippen molar-refractivity contribution >= 4 is 11.6 Å². The Morgan fingerprint density at radius 1 is 1.17 bits per heavy atom. The van der Waals surface area contributed by atoms with Crippen LogP contribution in [0, 0.1) is 5.92 Å². The number of amides is 1. The summed E-state index contributed by atoms with van der Waals surface area (Å²) in [5.41, 5.74) is 0.666. The second-order valence-corrected chi connectivity index (χ2v) is 6.87. The van der Waals surface area contributed by atoms with E-state index in [0.29, 0.717) is 17.6 Å². The minimum atomic E-state index is -0.221. The summed E-state index contributed by atoms with van der Waals surface area (Å²) < 4.78 is 5.38. The largest absolute Gasteiger partial charge is 0.381 e. The van der Waals surface area contributed by atoms with Crippen LogP contribution in [0.2, 0.25) is 0 Å². The van der Waals surface area contributed by atoms with Crippen LogP contribution in [0.25, 0.3) is 0 Å². The van der Waals surface area contributed by atoms with Crippen LogP contribution in [-0.4, -0.2) is 41.2 Å². The van der Waals surface area contributed by atoms with E-state index >= 15 is 0 Å². The lowest BCUT2D eigenvalue weighted by Crippen LogP contribution is -2.50. The van der Waals surface area contributed by atoms with Gasteiger partial charge in [-0.05, 0) is 31.6 Å². The molecule has 0 aromatic carbocycles. The summed E-state index contributed by atoms with van der Waals surface area (Å²) >= 11 is 0. The number of nitrogens with zero attached hydrogens (tertiary/aromatic N) is 2. The Labute approximate surface area is 137 Å². The lowest BCUT2D eigenvalue weighted by Gasteiger charge is -2.30. The average molecular weight is 318 g/mol. The highest BCUT2D eigenvalue weighted by atomic mass is 16.5. The lowest BCUT2D eigenvalue weighted by molar-refractivity contribution is -0.119. The van der Waals surface area contributed by atoms with E-state index in [1.54, 1.807) is 12.4 Å². The van der Waals surface area contributed by atoms with Crippen molar-refractivity contribution < 1.29 is 9.53 Å². The van der Waals surface area contributed by atoms with Crippen LogP contribution in [0.1, 0.15) is 51.3 Å². The quantitative estimate of drug-likeness (QED) is 0.840. The van der Waals surface area contributed by atoms with Crippen molar-refractivity contribution in [3.05, 3.63) is 18.2 Å². The summed E-state index contributed by atoms with van der Waals surface area (Å²) in [5, 5.41) is 6.42. The Balaban J connectivity index is 1.58. The highest BCUT2D eigenvalue weighted by Crippen LogP contribution is 2.37. The molecule has 0 radical (unpaired) electrons. The second kappa shape index (κ2) is 7.36. The standard InChI is InChI=1S/C17H26N4O2/c1-11(2)15(20-13-5-7-23-8-6-13)17(22)21-14-9-18-16(19-10-14)12-3-4-12/h9-13,15,20H,3-8H2,1-2H3,(H,21,22). The van der Waals surface area contributed by atoms with E-state index in [4.69, 9.17) is 4.74 Å². The Morgan fingerprint density at radius 3 is 2.39 bits per heavy atom. The van der Waals surface area contributed by atoms with Gasteiger partial charge in [0.25, 0.3) is 0 Å². The van der Waals surface area contributed by atoms with Crippen LogP contribution in [-0.2, 0) is 9.53 Å². The summed E-state index contributed by atoms with van der Waals surface area (Å²) in [4.78, 5) is 21.3. The predicted octanol–water partition coefficient (Wildman–Crippen LogP) is 2.09. The van der Waals surface area contributed by atoms with Crippen LogP contribution < -0.4 is 10.6 Å². The maximum absolute atomic E-state index is 12.6. The Kier molecular flexibility index (Phi) is 5.23. The van der Waals surface area contributed by atoms with Gasteiger partial charge in [-0.2, -0.15) is 0 Å². The van der Waals surface area contributed by atoms with E-state index < -0.39 is 0 Å². The molecule has 1 aliphatic carbocycles. The lowest BCUT2D eigenvalue weighted by atomic mass is 10.00. The third-order valence-corrected chi connectivity index (χ3v) is 4.47. The van der Waals surface area contributed by atoms with E-state index in [9.17, 15) is 4.79 Å². The zero-order chi connectivity index (χ0) is 16.2. The van der Waals surface area contributed by atoms with Crippen molar-refractivity contribution in [3.63, 3.8) is 0 Å². The first kappa shape index (κ1) is 16.3. The molecule has 2 fully saturated rings. The van der Waals surface area contributed by atoms with Gasteiger partial charge in [-0.15, -0.1) is 0 Å². The molecule has 3 rings (SSSR count). The SMILES string of the molecule is CC(C)C(NC1CCOCC1)C(=O)Nc1cnc(C2CC2)nc1. The van der Waals surface area contributed by atoms with Crippen molar-refractivity contribution in [2.75, 3.05) is 18.5 Å². The van der Waals surface area contributed by atoms with Crippen LogP contribution in [0.3, 0.4) is 0 Å². The van der Waals surface area contributed by atoms with Crippen molar-refractivity contribution in [3.8, 4) is 0 Å². The number of nitrogens with one attached hydrogen (secondary N) is 2. The fourth-order valence-corrected chi connectivity index (χ4v) is 2.86. The molecule has 2 aliphatic rings. The zero-order valence-electron chi connectivity index (χ0n) is 13.9. The Hall–Kier alpha value is -1.53. The molecule has 2 heterocycles. The smallest absolute Gasteiger partial charge is 0.241 e. The topological polar surface area (TPSA) is 76.1 Å². The van der Waals surface area contributed by atoms with Crippen molar-refractivity contribution in [2.45, 2.75) is 57.5 Å². The van der Waals surface area contributed by atoms with Gasteiger partial charge in [0.15, 0.2) is 0 Å². The molecular weight excluding hydrogens is 292 g/mol.